The minimum absolute atomic E-state index is 0.0293. The zero-order valence-corrected chi connectivity index (χ0v) is 18.0. The smallest absolute Gasteiger partial charge is 0.235 e. The molecule has 1 spiro atoms. The van der Waals surface area contributed by atoms with E-state index in [2.05, 4.69) is 27.7 Å². The average Bonchev–Trinajstić information content (AvgIpc) is 3.34. The van der Waals surface area contributed by atoms with Crippen molar-refractivity contribution in [2.45, 2.75) is 65.6 Å². The SMILES string of the molecule is CCN(CC)C(=O)C1(C2CC23OCC(C)(C)CO3)CCCC/C1=N\N(C)C. The van der Waals surface area contributed by atoms with Crippen molar-refractivity contribution in [3.63, 3.8) is 0 Å². The zero-order chi connectivity index (χ0) is 19.9. The Morgan fingerprint density at radius 1 is 1.15 bits per heavy atom. The van der Waals surface area contributed by atoms with Crippen molar-refractivity contribution in [1.82, 2.24) is 9.91 Å². The highest BCUT2D eigenvalue weighted by atomic mass is 16.7. The first kappa shape index (κ1) is 20.6. The maximum atomic E-state index is 13.8. The third kappa shape index (κ3) is 3.63. The number of nitrogens with zero attached hydrogens (tertiary/aromatic N) is 3. The third-order valence-electron chi connectivity index (χ3n) is 6.37. The summed E-state index contributed by atoms with van der Waals surface area (Å²) in [6.45, 7) is 11.2. The van der Waals surface area contributed by atoms with Gasteiger partial charge in [0.15, 0.2) is 5.79 Å². The van der Waals surface area contributed by atoms with Crippen LogP contribution in [-0.4, -0.2) is 67.7 Å². The fourth-order valence-corrected chi connectivity index (χ4v) is 4.80. The van der Waals surface area contributed by atoms with Crippen LogP contribution in [0.3, 0.4) is 0 Å². The lowest BCUT2D eigenvalue weighted by atomic mass is 9.67. The van der Waals surface area contributed by atoms with Crippen LogP contribution in [-0.2, 0) is 14.3 Å². The van der Waals surface area contributed by atoms with E-state index in [4.69, 9.17) is 14.6 Å². The Bertz CT molecular complexity index is 587. The van der Waals surface area contributed by atoms with Gasteiger partial charge in [-0.05, 0) is 33.1 Å². The fraction of sp³-hybridized carbons (Fsp3) is 0.905. The summed E-state index contributed by atoms with van der Waals surface area (Å²) in [4.78, 5) is 15.8. The lowest BCUT2D eigenvalue weighted by Gasteiger charge is -2.43. The second-order valence-electron chi connectivity index (χ2n) is 9.36. The van der Waals surface area contributed by atoms with E-state index >= 15 is 0 Å². The highest BCUT2D eigenvalue weighted by molar-refractivity contribution is 6.10. The van der Waals surface area contributed by atoms with E-state index in [0.717, 1.165) is 50.9 Å². The van der Waals surface area contributed by atoms with Crippen molar-refractivity contribution in [3.05, 3.63) is 0 Å². The summed E-state index contributed by atoms with van der Waals surface area (Å²) in [6.07, 6.45) is 4.66. The number of hydrogen-bond acceptors (Lipinski definition) is 5. The van der Waals surface area contributed by atoms with Crippen molar-refractivity contribution in [2.24, 2.45) is 21.8 Å². The third-order valence-corrected chi connectivity index (χ3v) is 6.37. The van der Waals surface area contributed by atoms with Crippen molar-refractivity contribution in [2.75, 3.05) is 40.4 Å². The molecule has 3 rings (SSSR count). The first-order chi connectivity index (χ1) is 12.7. The van der Waals surface area contributed by atoms with E-state index in [9.17, 15) is 4.79 Å². The van der Waals surface area contributed by atoms with Crippen molar-refractivity contribution < 1.29 is 14.3 Å². The topological polar surface area (TPSA) is 54.4 Å². The molecule has 3 fully saturated rings. The Morgan fingerprint density at radius 3 is 2.33 bits per heavy atom. The Hall–Kier alpha value is -1.14. The molecule has 2 saturated carbocycles. The molecule has 6 heteroatoms. The monoisotopic (exact) mass is 379 g/mol. The van der Waals surface area contributed by atoms with E-state index in [0.29, 0.717) is 13.2 Å². The maximum Gasteiger partial charge on any atom is 0.235 e. The van der Waals surface area contributed by atoms with Gasteiger partial charge in [0.05, 0.1) is 24.3 Å². The van der Waals surface area contributed by atoms with Gasteiger partial charge in [0.1, 0.15) is 0 Å². The molecule has 0 aromatic rings. The van der Waals surface area contributed by atoms with Crippen molar-refractivity contribution in [1.29, 1.82) is 0 Å². The van der Waals surface area contributed by atoms with Crippen LogP contribution in [0.1, 0.15) is 59.8 Å². The highest BCUT2D eigenvalue weighted by Gasteiger charge is 2.72. The Balaban J connectivity index is 1.98. The molecule has 1 aliphatic heterocycles. The van der Waals surface area contributed by atoms with Crippen molar-refractivity contribution in [3.8, 4) is 0 Å². The van der Waals surface area contributed by atoms with Crippen molar-refractivity contribution >= 4 is 11.6 Å². The van der Waals surface area contributed by atoms with Crippen LogP contribution in [0.5, 0.6) is 0 Å². The number of hydrogen-bond donors (Lipinski definition) is 0. The second-order valence-corrected chi connectivity index (χ2v) is 9.36. The second kappa shape index (κ2) is 7.36. The Morgan fingerprint density at radius 2 is 1.78 bits per heavy atom. The molecule has 1 heterocycles. The van der Waals surface area contributed by atoms with Gasteiger partial charge in [0.25, 0.3) is 0 Å². The summed E-state index contributed by atoms with van der Waals surface area (Å²) in [7, 11) is 3.88. The zero-order valence-electron chi connectivity index (χ0n) is 18.0. The number of rotatable bonds is 5. The maximum absolute atomic E-state index is 13.8. The number of hydrazone groups is 1. The lowest BCUT2D eigenvalue weighted by molar-refractivity contribution is -0.254. The van der Waals surface area contributed by atoms with Gasteiger partial charge in [0, 0.05) is 44.9 Å². The average molecular weight is 380 g/mol. The molecule has 154 valence electrons. The molecule has 1 saturated heterocycles. The molecule has 0 radical (unpaired) electrons. The standard InChI is InChI=1S/C21H37N3O3/c1-7-24(8-2)18(25)20(12-10-9-11-17(20)22-23(5)6)16-13-21(16)26-14-19(3,4)15-27-21/h16H,7-15H2,1-6H3/b22-17+. The van der Waals surface area contributed by atoms with E-state index in [1.54, 1.807) is 0 Å². The number of carbonyl (C=O) groups excluding carboxylic acids is 1. The summed E-state index contributed by atoms with van der Waals surface area (Å²) >= 11 is 0. The molecule has 2 unspecified atom stereocenters. The van der Waals surface area contributed by atoms with Gasteiger partial charge < -0.3 is 19.4 Å². The molecule has 3 aliphatic rings. The van der Waals surface area contributed by atoms with E-state index < -0.39 is 11.2 Å². The van der Waals surface area contributed by atoms with E-state index in [-0.39, 0.29) is 17.2 Å². The molecule has 27 heavy (non-hydrogen) atoms. The highest BCUT2D eigenvalue weighted by Crippen LogP contribution is 2.63. The number of ether oxygens (including phenoxy) is 2. The predicted octanol–water partition coefficient (Wildman–Crippen LogP) is 3.12. The first-order valence-electron chi connectivity index (χ1n) is 10.5. The molecule has 6 nitrogen and oxygen atoms in total. The largest absolute Gasteiger partial charge is 0.349 e. The van der Waals surface area contributed by atoms with Crippen LogP contribution in [0.2, 0.25) is 0 Å². The molecular weight excluding hydrogens is 342 g/mol. The minimum atomic E-state index is -0.594. The summed E-state index contributed by atoms with van der Waals surface area (Å²) in [6, 6.07) is 0. The van der Waals surface area contributed by atoms with Gasteiger partial charge in [-0.15, -0.1) is 0 Å². The molecular formula is C21H37N3O3. The normalized spacial score (nSPS) is 33.1. The Labute approximate surface area is 164 Å². The predicted molar refractivity (Wildman–Crippen MR) is 106 cm³/mol. The van der Waals surface area contributed by atoms with Crippen LogP contribution in [0, 0.1) is 16.7 Å². The molecule has 0 bridgehead atoms. The van der Waals surface area contributed by atoms with Gasteiger partial charge in [-0.1, -0.05) is 20.3 Å². The van der Waals surface area contributed by atoms with Crippen LogP contribution < -0.4 is 0 Å². The summed E-state index contributed by atoms with van der Waals surface area (Å²) < 4.78 is 12.5. The minimum Gasteiger partial charge on any atom is -0.349 e. The summed E-state index contributed by atoms with van der Waals surface area (Å²) in [5.41, 5.74) is 0.465. The molecule has 1 amide bonds. The van der Waals surface area contributed by atoms with E-state index in [1.807, 2.05) is 24.0 Å². The summed E-state index contributed by atoms with van der Waals surface area (Å²) in [5.74, 6) is -0.317. The van der Waals surface area contributed by atoms with Gasteiger partial charge in [-0.3, -0.25) is 4.79 Å². The number of carbonyl (C=O) groups is 1. The summed E-state index contributed by atoms with van der Waals surface area (Å²) in [5, 5.41) is 6.66. The van der Waals surface area contributed by atoms with Crippen LogP contribution >= 0.6 is 0 Å². The van der Waals surface area contributed by atoms with Gasteiger partial charge in [-0.2, -0.15) is 5.10 Å². The molecule has 0 N–H and O–H groups in total. The van der Waals surface area contributed by atoms with Gasteiger partial charge in [-0.25, -0.2) is 0 Å². The quantitative estimate of drug-likeness (QED) is 0.689. The fourth-order valence-electron chi connectivity index (χ4n) is 4.80. The van der Waals surface area contributed by atoms with E-state index in [1.165, 1.54) is 0 Å². The lowest BCUT2D eigenvalue weighted by Crippen LogP contribution is -2.54. The molecule has 2 atom stereocenters. The molecule has 0 aromatic carbocycles. The van der Waals surface area contributed by atoms with Gasteiger partial charge >= 0.3 is 0 Å². The van der Waals surface area contributed by atoms with Gasteiger partial charge in [0.2, 0.25) is 5.91 Å². The number of amides is 1. The van der Waals surface area contributed by atoms with Crippen LogP contribution in [0.4, 0.5) is 0 Å². The Kier molecular flexibility index (Phi) is 5.61. The van der Waals surface area contributed by atoms with Crippen LogP contribution in [0.15, 0.2) is 5.10 Å². The first-order valence-corrected chi connectivity index (χ1v) is 10.5. The molecule has 0 aromatic heterocycles. The van der Waals surface area contributed by atoms with Crippen LogP contribution in [0.25, 0.3) is 0 Å². The molecule has 2 aliphatic carbocycles.